The molecule has 0 unspecified atom stereocenters. The van der Waals surface area contributed by atoms with E-state index in [1.54, 1.807) is 13.2 Å². The normalized spacial score (nSPS) is 10.2. The maximum atomic E-state index is 11.9. The second kappa shape index (κ2) is 5.38. The fraction of sp³-hybridized carbons (Fsp3) is 0.250. The molecule has 1 aromatic heterocycles. The largest absolute Gasteiger partial charge is 0.495 e. The maximum absolute atomic E-state index is 11.9. The number of ether oxygens (including phenoxy) is 1. The molecular formula is C12H15N5O2. The standard InChI is InChI=1S/C12H15N5O2/c1-8-3-4-10(19-2)9(5-8)15-12(18)7-17-14-6-11(13)16-17/h3-6H,7H2,1-2H3,(H2,13,16)(H,15,18). The van der Waals surface area contributed by atoms with Crippen molar-refractivity contribution in [3.63, 3.8) is 0 Å². The van der Waals surface area contributed by atoms with Crippen molar-refractivity contribution in [1.29, 1.82) is 0 Å². The molecule has 100 valence electrons. The molecule has 3 N–H and O–H groups in total. The zero-order valence-electron chi connectivity index (χ0n) is 10.8. The highest BCUT2D eigenvalue weighted by Gasteiger charge is 2.09. The summed E-state index contributed by atoms with van der Waals surface area (Å²) in [4.78, 5) is 13.1. The molecule has 1 amide bonds. The van der Waals surface area contributed by atoms with Crippen molar-refractivity contribution in [1.82, 2.24) is 15.0 Å². The number of amides is 1. The van der Waals surface area contributed by atoms with Crippen LogP contribution in [0.1, 0.15) is 5.56 Å². The molecular weight excluding hydrogens is 246 g/mol. The van der Waals surface area contributed by atoms with Crippen LogP contribution < -0.4 is 15.8 Å². The van der Waals surface area contributed by atoms with Crippen molar-refractivity contribution in [2.24, 2.45) is 0 Å². The molecule has 0 aliphatic rings. The van der Waals surface area contributed by atoms with Gasteiger partial charge in [-0.15, -0.1) is 5.10 Å². The minimum absolute atomic E-state index is 0.00566. The lowest BCUT2D eigenvalue weighted by Gasteiger charge is -2.10. The summed E-state index contributed by atoms with van der Waals surface area (Å²) in [6.07, 6.45) is 1.39. The average Bonchev–Trinajstić information content (AvgIpc) is 2.75. The molecule has 0 aliphatic heterocycles. The highest BCUT2D eigenvalue weighted by molar-refractivity contribution is 5.92. The van der Waals surface area contributed by atoms with Gasteiger partial charge in [0, 0.05) is 0 Å². The lowest BCUT2D eigenvalue weighted by molar-refractivity contribution is -0.117. The second-order valence-electron chi connectivity index (χ2n) is 4.05. The van der Waals surface area contributed by atoms with E-state index in [1.807, 2.05) is 19.1 Å². The summed E-state index contributed by atoms with van der Waals surface area (Å²) < 4.78 is 5.18. The van der Waals surface area contributed by atoms with E-state index in [0.29, 0.717) is 11.4 Å². The van der Waals surface area contributed by atoms with Crippen LogP contribution in [0.3, 0.4) is 0 Å². The van der Waals surface area contributed by atoms with Crippen molar-refractivity contribution in [3.05, 3.63) is 30.0 Å². The highest BCUT2D eigenvalue weighted by Crippen LogP contribution is 2.25. The first-order chi connectivity index (χ1) is 9.08. The van der Waals surface area contributed by atoms with Crippen LogP contribution in [0, 0.1) is 6.92 Å². The summed E-state index contributed by atoms with van der Waals surface area (Å²) in [7, 11) is 1.55. The molecule has 0 bridgehead atoms. The minimum Gasteiger partial charge on any atom is -0.495 e. The Bertz CT molecular complexity index is 594. The Morgan fingerprint density at radius 3 is 2.95 bits per heavy atom. The molecule has 0 saturated carbocycles. The predicted octanol–water partition coefficient (Wildman–Crippen LogP) is 0.816. The van der Waals surface area contributed by atoms with Gasteiger partial charge in [-0.2, -0.15) is 9.90 Å². The zero-order valence-corrected chi connectivity index (χ0v) is 10.8. The fourth-order valence-corrected chi connectivity index (χ4v) is 1.62. The molecule has 0 fully saturated rings. The Morgan fingerprint density at radius 1 is 1.53 bits per heavy atom. The number of aryl methyl sites for hydroxylation is 1. The monoisotopic (exact) mass is 261 g/mol. The van der Waals surface area contributed by atoms with Gasteiger partial charge in [0.2, 0.25) is 5.91 Å². The van der Waals surface area contributed by atoms with Gasteiger partial charge in [0.05, 0.1) is 19.0 Å². The number of benzene rings is 1. The Labute approximate surface area is 110 Å². The van der Waals surface area contributed by atoms with Crippen molar-refractivity contribution >= 4 is 17.4 Å². The van der Waals surface area contributed by atoms with Crippen molar-refractivity contribution in [3.8, 4) is 5.75 Å². The van der Waals surface area contributed by atoms with Crippen LogP contribution in [0.4, 0.5) is 11.5 Å². The van der Waals surface area contributed by atoms with Crippen LogP contribution in [0.25, 0.3) is 0 Å². The van der Waals surface area contributed by atoms with Crippen LogP contribution >= 0.6 is 0 Å². The Morgan fingerprint density at radius 2 is 2.32 bits per heavy atom. The van der Waals surface area contributed by atoms with E-state index < -0.39 is 0 Å². The SMILES string of the molecule is COc1ccc(C)cc1NC(=O)Cn1ncc(N)n1. The third-order valence-electron chi connectivity index (χ3n) is 2.47. The van der Waals surface area contributed by atoms with E-state index in [-0.39, 0.29) is 18.3 Å². The predicted molar refractivity (Wildman–Crippen MR) is 70.8 cm³/mol. The minimum atomic E-state index is -0.250. The van der Waals surface area contributed by atoms with Crippen molar-refractivity contribution in [2.45, 2.75) is 13.5 Å². The number of hydrogen-bond donors (Lipinski definition) is 2. The summed E-state index contributed by atoms with van der Waals surface area (Å²) in [6, 6.07) is 5.54. The van der Waals surface area contributed by atoms with Crippen LogP contribution in [0.5, 0.6) is 5.75 Å². The van der Waals surface area contributed by atoms with E-state index in [2.05, 4.69) is 15.5 Å². The van der Waals surface area contributed by atoms with E-state index in [1.165, 1.54) is 11.0 Å². The molecule has 0 radical (unpaired) electrons. The molecule has 1 heterocycles. The molecule has 19 heavy (non-hydrogen) atoms. The molecule has 2 rings (SSSR count). The van der Waals surface area contributed by atoms with Gasteiger partial charge in [-0.1, -0.05) is 6.07 Å². The van der Waals surface area contributed by atoms with Gasteiger partial charge >= 0.3 is 0 Å². The number of nitrogens with zero attached hydrogens (tertiary/aromatic N) is 3. The number of nitrogens with one attached hydrogen (secondary N) is 1. The van der Waals surface area contributed by atoms with Gasteiger partial charge in [-0.25, -0.2) is 0 Å². The molecule has 0 aliphatic carbocycles. The molecule has 1 aromatic carbocycles. The van der Waals surface area contributed by atoms with Crippen LogP contribution in [-0.4, -0.2) is 28.0 Å². The Hall–Kier alpha value is -2.57. The number of nitrogens with two attached hydrogens (primary N) is 1. The summed E-state index contributed by atoms with van der Waals surface area (Å²) in [6.45, 7) is 1.93. The number of carbonyl (C=O) groups excluding carboxylic acids is 1. The average molecular weight is 261 g/mol. The van der Waals surface area contributed by atoms with Crippen LogP contribution in [-0.2, 0) is 11.3 Å². The van der Waals surface area contributed by atoms with Gasteiger partial charge < -0.3 is 15.8 Å². The number of aromatic nitrogens is 3. The molecule has 0 saturated heterocycles. The van der Waals surface area contributed by atoms with Crippen LogP contribution in [0.15, 0.2) is 24.4 Å². The number of hydrogen-bond acceptors (Lipinski definition) is 5. The third kappa shape index (κ3) is 3.21. The molecule has 7 heteroatoms. The van der Waals surface area contributed by atoms with Gasteiger partial charge in [-0.05, 0) is 24.6 Å². The first kappa shape index (κ1) is 12.9. The number of carbonyl (C=O) groups is 1. The Balaban J connectivity index is 2.08. The zero-order chi connectivity index (χ0) is 13.8. The second-order valence-corrected chi connectivity index (χ2v) is 4.05. The summed E-state index contributed by atoms with van der Waals surface area (Å²) in [5.74, 6) is 0.632. The van der Waals surface area contributed by atoms with Gasteiger partial charge in [0.1, 0.15) is 12.3 Å². The number of methoxy groups -OCH3 is 1. The number of anilines is 2. The van der Waals surface area contributed by atoms with Gasteiger partial charge in [0.25, 0.3) is 0 Å². The Kier molecular flexibility index (Phi) is 3.65. The van der Waals surface area contributed by atoms with E-state index >= 15 is 0 Å². The molecule has 2 aromatic rings. The van der Waals surface area contributed by atoms with Gasteiger partial charge in [-0.3, -0.25) is 4.79 Å². The maximum Gasteiger partial charge on any atom is 0.248 e. The van der Waals surface area contributed by atoms with Crippen LogP contribution in [0.2, 0.25) is 0 Å². The van der Waals surface area contributed by atoms with Crippen molar-refractivity contribution in [2.75, 3.05) is 18.2 Å². The lowest BCUT2D eigenvalue weighted by Crippen LogP contribution is -2.20. The molecule has 0 atom stereocenters. The van der Waals surface area contributed by atoms with E-state index in [0.717, 1.165) is 5.56 Å². The van der Waals surface area contributed by atoms with Gasteiger partial charge in [0.15, 0.2) is 5.82 Å². The highest BCUT2D eigenvalue weighted by atomic mass is 16.5. The molecule has 7 nitrogen and oxygen atoms in total. The summed E-state index contributed by atoms with van der Waals surface area (Å²) in [5, 5.41) is 10.4. The molecule has 0 spiro atoms. The summed E-state index contributed by atoms with van der Waals surface area (Å²) >= 11 is 0. The smallest absolute Gasteiger partial charge is 0.248 e. The quantitative estimate of drug-likeness (QED) is 0.849. The third-order valence-corrected chi connectivity index (χ3v) is 2.47. The number of rotatable bonds is 4. The topological polar surface area (TPSA) is 95.1 Å². The number of nitrogen functional groups attached to an aromatic ring is 1. The lowest BCUT2D eigenvalue weighted by atomic mass is 10.2. The van der Waals surface area contributed by atoms with Crippen molar-refractivity contribution < 1.29 is 9.53 Å². The van der Waals surface area contributed by atoms with E-state index in [9.17, 15) is 4.79 Å². The first-order valence-electron chi connectivity index (χ1n) is 5.68. The fourth-order valence-electron chi connectivity index (χ4n) is 1.62. The first-order valence-corrected chi connectivity index (χ1v) is 5.68. The summed E-state index contributed by atoms with van der Waals surface area (Å²) in [5.41, 5.74) is 7.07. The van der Waals surface area contributed by atoms with E-state index in [4.69, 9.17) is 10.5 Å².